The third kappa shape index (κ3) is 7.98. The number of carbonyl (C=O) groups is 2. The molecule has 3 aromatic carbocycles. The number of benzene rings is 3. The van der Waals surface area contributed by atoms with Crippen LogP contribution in [0.5, 0.6) is 0 Å². The van der Waals surface area contributed by atoms with Crippen LogP contribution in [0.25, 0.3) is 0 Å². The molecule has 0 spiro atoms. The third-order valence-corrected chi connectivity index (χ3v) is 9.80. The number of nitrogens with one attached hydrogen (secondary N) is 1. The Morgan fingerprint density at radius 1 is 0.951 bits per heavy atom. The number of sulfonamides is 1. The number of anilines is 1. The minimum absolute atomic E-state index is 0.0903. The summed E-state index contributed by atoms with van der Waals surface area (Å²) in [6.07, 6.45) is 5.59. The smallest absolute Gasteiger partial charge is 0.264 e. The Labute approximate surface area is 252 Å². The van der Waals surface area contributed by atoms with Crippen LogP contribution in [0.4, 0.5) is 5.69 Å². The summed E-state index contributed by atoms with van der Waals surface area (Å²) in [5, 5.41) is 3.17. The van der Waals surface area contributed by atoms with Crippen LogP contribution in [-0.2, 0) is 26.2 Å². The average molecular weight is 641 g/mol. The molecule has 41 heavy (non-hydrogen) atoms. The van der Waals surface area contributed by atoms with Gasteiger partial charge in [-0.05, 0) is 62.1 Å². The summed E-state index contributed by atoms with van der Waals surface area (Å²) in [7, 11) is -4.10. The fraction of sp³-hybridized carbons (Fsp3) is 0.375. The Bertz CT molecular complexity index is 1420. The van der Waals surface area contributed by atoms with E-state index in [4.69, 9.17) is 0 Å². The quantitative estimate of drug-likeness (QED) is 0.270. The van der Waals surface area contributed by atoms with Crippen LogP contribution in [-0.4, -0.2) is 43.8 Å². The summed E-state index contributed by atoms with van der Waals surface area (Å²) in [5.41, 5.74) is 2.14. The molecule has 2 amide bonds. The molecule has 0 aliphatic heterocycles. The average Bonchev–Trinajstić information content (AvgIpc) is 2.97. The Hall–Kier alpha value is -3.17. The molecule has 1 atom stereocenters. The molecule has 0 saturated heterocycles. The first-order valence-electron chi connectivity index (χ1n) is 14.2. The first-order valence-corrected chi connectivity index (χ1v) is 16.4. The highest BCUT2D eigenvalue weighted by Crippen LogP contribution is 2.27. The van der Waals surface area contributed by atoms with Crippen molar-refractivity contribution in [1.82, 2.24) is 10.2 Å². The molecule has 0 heterocycles. The second-order valence-electron chi connectivity index (χ2n) is 10.6. The Balaban J connectivity index is 1.69. The van der Waals surface area contributed by atoms with Gasteiger partial charge in [0.05, 0.1) is 10.6 Å². The molecule has 1 N–H and O–H groups in total. The van der Waals surface area contributed by atoms with Crippen molar-refractivity contribution in [3.63, 3.8) is 0 Å². The lowest BCUT2D eigenvalue weighted by Crippen LogP contribution is -2.54. The van der Waals surface area contributed by atoms with Crippen molar-refractivity contribution in [2.45, 2.75) is 75.9 Å². The molecule has 1 saturated carbocycles. The summed E-state index contributed by atoms with van der Waals surface area (Å²) >= 11 is 3.43. The zero-order chi connectivity index (χ0) is 29.4. The van der Waals surface area contributed by atoms with Gasteiger partial charge in [0.1, 0.15) is 12.6 Å². The summed E-state index contributed by atoms with van der Waals surface area (Å²) < 4.78 is 29.8. The fourth-order valence-corrected chi connectivity index (χ4v) is 7.03. The van der Waals surface area contributed by atoms with E-state index in [1.165, 1.54) is 11.3 Å². The van der Waals surface area contributed by atoms with Gasteiger partial charge in [0.2, 0.25) is 11.8 Å². The zero-order valence-corrected chi connectivity index (χ0v) is 26.0. The predicted molar refractivity (Wildman–Crippen MR) is 166 cm³/mol. The normalized spacial score (nSPS) is 14.7. The van der Waals surface area contributed by atoms with E-state index in [2.05, 4.69) is 21.2 Å². The monoisotopic (exact) mass is 639 g/mol. The number of aryl methyl sites for hydroxylation is 1. The molecule has 1 aliphatic carbocycles. The molecule has 7 nitrogen and oxygen atoms in total. The number of halogens is 1. The first-order chi connectivity index (χ1) is 19.7. The summed E-state index contributed by atoms with van der Waals surface area (Å²) in [4.78, 5) is 29.4. The largest absolute Gasteiger partial charge is 0.352 e. The minimum Gasteiger partial charge on any atom is -0.352 e. The van der Waals surface area contributed by atoms with Crippen molar-refractivity contribution in [2.24, 2.45) is 0 Å². The lowest BCUT2D eigenvalue weighted by molar-refractivity contribution is -0.140. The molecular weight excluding hydrogens is 602 g/mol. The van der Waals surface area contributed by atoms with Gasteiger partial charge in [-0.25, -0.2) is 8.42 Å². The number of amides is 2. The van der Waals surface area contributed by atoms with Crippen LogP contribution >= 0.6 is 15.9 Å². The predicted octanol–water partition coefficient (Wildman–Crippen LogP) is 6.21. The van der Waals surface area contributed by atoms with Gasteiger partial charge in [-0.3, -0.25) is 13.9 Å². The molecule has 0 aromatic heterocycles. The molecule has 1 aliphatic rings. The van der Waals surface area contributed by atoms with Crippen molar-refractivity contribution in [1.29, 1.82) is 0 Å². The number of nitrogens with zero attached hydrogens (tertiary/aromatic N) is 2. The second-order valence-corrected chi connectivity index (χ2v) is 13.4. The van der Waals surface area contributed by atoms with Gasteiger partial charge in [-0.15, -0.1) is 0 Å². The van der Waals surface area contributed by atoms with Gasteiger partial charge in [-0.1, -0.05) is 96.2 Å². The van der Waals surface area contributed by atoms with Crippen LogP contribution in [0.2, 0.25) is 0 Å². The highest BCUT2D eigenvalue weighted by molar-refractivity contribution is 9.10. The Kier molecular flexibility index (Phi) is 10.6. The van der Waals surface area contributed by atoms with Crippen molar-refractivity contribution < 1.29 is 18.0 Å². The molecular formula is C32H38BrN3O4S. The number of hydrogen-bond donors (Lipinski definition) is 1. The fourth-order valence-electron chi connectivity index (χ4n) is 5.24. The molecule has 0 bridgehead atoms. The molecule has 0 radical (unpaired) electrons. The van der Waals surface area contributed by atoms with Crippen LogP contribution in [0.3, 0.4) is 0 Å². The first kappa shape index (κ1) is 30.8. The maximum Gasteiger partial charge on any atom is 0.264 e. The van der Waals surface area contributed by atoms with E-state index < -0.39 is 28.5 Å². The third-order valence-electron chi connectivity index (χ3n) is 7.52. The van der Waals surface area contributed by atoms with Crippen LogP contribution in [0.1, 0.15) is 56.6 Å². The number of rotatable bonds is 11. The maximum absolute atomic E-state index is 14.2. The molecule has 3 aromatic rings. The molecule has 218 valence electrons. The molecule has 4 rings (SSSR count). The van der Waals surface area contributed by atoms with E-state index in [0.717, 1.165) is 41.1 Å². The number of carbonyl (C=O) groups excluding carboxylic acids is 2. The van der Waals surface area contributed by atoms with Gasteiger partial charge in [0, 0.05) is 17.1 Å². The van der Waals surface area contributed by atoms with Crippen LogP contribution in [0, 0.1) is 6.92 Å². The standard InChI is InChI=1S/C32H38BrN3O4S/c1-3-30(32(38)34-27-14-8-5-9-15-27)35(22-25-11-6-4-7-12-25)31(37)23-36(28-16-10-13-26(33)21-28)41(39,40)29-19-17-24(2)18-20-29/h4,6-7,10-13,16-21,27,30H,3,5,8-9,14-15,22-23H2,1-2H3,(H,34,38). The lowest BCUT2D eigenvalue weighted by Gasteiger charge is -2.34. The van der Waals surface area contributed by atoms with E-state index >= 15 is 0 Å². The minimum atomic E-state index is -4.10. The SMILES string of the molecule is CCC(C(=O)NC1CCCCC1)N(Cc1ccccc1)C(=O)CN(c1cccc(Br)c1)S(=O)(=O)c1ccc(C)cc1. The topological polar surface area (TPSA) is 86.8 Å². The highest BCUT2D eigenvalue weighted by Gasteiger charge is 2.34. The molecule has 9 heteroatoms. The van der Waals surface area contributed by atoms with E-state index in [1.54, 1.807) is 48.5 Å². The van der Waals surface area contributed by atoms with Crippen molar-refractivity contribution in [3.05, 3.63) is 94.5 Å². The van der Waals surface area contributed by atoms with E-state index in [0.29, 0.717) is 16.6 Å². The van der Waals surface area contributed by atoms with Gasteiger partial charge < -0.3 is 10.2 Å². The summed E-state index contributed by atoms with van der Waals surface area (Å²) in [5.74, 6) is -0.644. The molecule has 1 fully saturated rings. The Morgan fingerprint density at radius 3 is 2.27 bits per heavy atom. The van der Waals surface area contributed by atoms with E-state index in [-0.39, 0.29) is 23.4 Å². The summed E-state index contributed by atoms with van der Waals surface area (Å²) in [6.45, 7) is 3.50. The van der Waals surface area contributed by atoms with Crippen molar-refractivity contribution >= 4 is 43.5 Å². The van der Waals surface area contributed by atoms with Crippen LogP contribution < -0.4 is 9.62 Å². The van der Waals surface area contributed by atoms with Gasteiger partial charge in [0.15, 0.2) is 0 Å². The Morgan fingerprint density at radius 2 is 1.63 bits per heavy atom. The van der Waals surface area contributed by atoms with Crippen molar-refractivity contribution in [3.8, 4) is 0 Å². The van der Waals surface area contributed by atoms with Gasteiger partial charge >= 0.3 is 0 Å². The van der Waals surface area contributed by atoms with E-state index in [1.807, 2.05) is 44.2 Å². The second kappa shape index (κ2) is 14.1. The van der Waals surface area contributed by atoms with Gasteiger partial charge in [-0.2, -0.15) is 0 Å². The van der Waals surface area contributed by atoms with Gasteiger partial charge in [0.25, 0.3) is 10.0 Å². The lowest BCUT2D eigenvalue weighted by atomic mass is 9.95. The van der Waals surface area contributed by atoms with Crippen LogP contribution in [0.15, 0.2) is 88.2 Å². The maximum atomic E-state index is 14.2. The van der Waals surface area contributed by atoms with Crippen molar-refractivity contribution in [2.75, 3.05) is 10.8 Å². The zero-order valence-electron chi connectivity index (χ0n) is 23.6. The summed E-state index contributed by atoms with van der Waals surface area (Å²) in [6, 6.07) is 22.3. The number of hydrogen-bond acceptors (Lipinski definition) is 4. The van der Waals surface area contributed by atoms with E-state index in [9.17, 15) is 18.0 Å². The molecule has 1 unspecified atom stereocenters. The highest BCUT2D eigenvalue weighted by atomic mass is 79.9.